The molecule has 1 aromatic rings. The van der Waals surface area contributed by atoms with Crippen LogP contribution in [0.5, 0.6) is 0 Å². The van der Waals surface area contributed by atoms with Crippen LogP contribution in [0.3, 0.4) is 0 Å². The van der Waals surface area contributed by atoms with Gasteiger partial charge in [-0.3, -0.25) is 5.01 Å². The molecule has 0 bridgehead atoms. The third kappa shape index (κ3) is 2.81. The first-order chi connectivity index (χ1) is 11.8. The van der Waals surface area contributed by atoms with Crippen LogP contribution in [0.15, 0.2) is 64.4 Å². The second kappa shape index (κ2) is 6.33. The summed E-state index contributed by atoms with van der Waals surface area (Å²) in [5.74, 6) is -1.11. The largest absolute Gasteiger partial charge is 0.386 e. The van der Waals surface area contributed by atoms with Crippen LogP contribution in [0.25, 0.3) is 0 Å². The highest BCUT2D eigenvalue weighted by Crippen LogP contribution is 2.35. The fourth-order valence-electron chi connectivity index (χ4n) is 3.49. The maximum Gasteiger partial charge on any atom is 0.346 e. The van der Waals surface area contributed by atoms with Crippen molar-refractivity contribution in [3.8, 4) is 0 Å². The van der Waals surface area contributed by atoms with Gasteiger partial charge in [-0.15, -0.1) is 0 Å². The number of hydrazine groups is 1. The van der Waals surface area contributed by atoms with Crippen molar-refractivity contribution in [1.29, 1.82) is 0 Å². The number of carbonyl (C=O) groups excluding carboxylic acids is 2. The zero-order valence-electron chi connectivity index (χ0n) is 15.2. The Balaban J connectivity index is 2.04. The van der Waals surface area contributed by atoms with E-state index in [2.05, 4.69) is 16.1 Å². The molecule has 25 heavy (non-hydrogen) atoms. The molecule has 2 heterocycles. The molecular weight excluding hydrogens is 316 g/mol. The number of nitrogens with zero attached hydrogens (tertiary/aromatic N) is 2. The minimum Gasteiger partial charge on any atom is -0.386 e. The quantitative estimate of drug-likeness (QED) is 0.470. The number of ether oxygens (including phenoxy) is 1. The van der Waals surface area contributed by atoms with Gasteiger partial charge in [-0.05, 0) is 51.5 Å². The third-order valence-electron chi connectivity index (χ3n) is 4.63. The standard InChI is InChI=1S/C20H22N2O3/c1-12(2)17-18(20(24)25-19(17)23)14(4)16-11-13(3)22(21(16)5)15-9-7-6-8-10-15/h6-11,16H,1-5H3. The van der Waals surface area contributed by atoms with E-state index in [1.807, 2.05) is 65.1 Å². The topological polar surface area (TPSA) is 49.9 Å². The number of rotatable bonds is 2. The van der Waals surface area contributed by atoms with Gasteiger partial charge in [0, 0.05) is 12.7 Å². The first-order valence-corrected chi connectivity index (χ1v) is 8.24. The van der Waals surface area contributed by atoms with Crippen molar-refractivity contribution in [1.82, 2.24) is 5.01 Å². The molecule has 0 amide bonds. The van der Waals surface area contributed by atoms with Gasteiger partial charge in [-0.2, -0.15) is 0 Å². The van der Waals surface area contributed by atoms with E-state index in [0.717, 1.165) is 22.5 Å². The summed E-state index contributed by atoms with van der Waals surface area (Å²) in [6, 6.07) is 9.90. The molecule has 0 aromatic heterocycles. The number of hydrogen-bond acceptors (Lipinski definition) is 5. The van der Waals surface area contributed by atoms with E-state index in [-0.39, 0.29) is 6.04 Å². The normalized spacial score (nSPS) is 23.1. The van der Waals surface area contributed by atoms with Gasteiger partial charge in [0.25, 0.3) is 0 Å². The highest BCUT2D eigenvalue weighted by atomic mass is 16.6. The predicted molar refractivity (Wildman–Crippen MR) is 96.4 cm³/mol. The van der Waals surface area contributed by atoms with Crippen molar-refractivity contribution < 1.29 is 14.3 Å². The summed E-state index contributed by atoms with van der Waals surface area (Å²) in [4.78, 5) is 24.3. The molecule has 2 aliphatic heterocycles. The molecule has 5 heteroatoms. The number of allylic oxidation sites excluding steroid dienone is 2. The van der Waals surface area contributed by atoms with E-state index in [9.17, 15) is 9.59 Å². The number of hydrogen-bond donors (Lipinski definition) is 0. The van der Waals surface area contributed by atoms with E-state index in [1.54, 1.807) is 0 Å². The molecule has 1 atom stereocenters. The molecule has 0 saturated carbocycles. The van der Waals surface area contributed by atoms with Gasteiger partial charge in [-0.25, -0.2) is 14.6 Å². The summed E-state index contributed by atoms with van der Waals surface area (Å²) < 4.78 is 4.86. The molecule has 0 radical (unpaired) electrons. The Hall–Kier alpha value is -2.66. The monoisotopic (exact) mass is 338 g/mol. The molecule has 1 fully saturated rings. The number of para-hydroxylation sites is 1. The van der Waals surface area contributed by atoms with E-state index in [0.29, 0.717) is 11.1 Å². The molecule has 2 aliphatic rings. The Morgan fingerprint density at radius 1 is 1.00 bits per heavy atom. The molecule has 5 nitrogen and oxygen atoms in total. The van der Waals surface area contributed by atoms with Gasteiger partial charge < -0.3 is 4.74 Å². The minimum absolute atomic E-state index is 0.122. The van der Waals surface area contributed by atoms with Crippen molar-refractivity contribution in [3.05, 3.63) is 64.4 Å². The van der Waals surface area contributed by atoms with Crippen LogP contribution in [0.1, 0.15) is 27.7 Å². The molecule has 0 spiro atoms. The maximum absolute atomic E-state index is 12.2. The number of cyclic esters (lactones) is 2. The van der Waals surface area contributed by atoms with Crippen LogP contribution >= 0.6 is 0 Å². The Bertz CT molecular complexity index is 830. The molecule has 3 rings (SSSR count). The minimum atomic E-state index is -0.559. The van der Waals surface area contributed by atoms with Crippen LogP contribution in [0, 0.1) is 0 Å². The number of carbonyl (C=O) groups is 2. The van der Waals surface area contributed by atoms with E-state index in [1.165, 1.54) is 0 Å². The average molecular weight is 338 g/mol. The van der Waals surface area contributed by atoms with Crippen LogP contribution in [0.2, 0.25) is 0 Å². The zero-order valence-corrected chi connectivity index (χ0v) is 15.2. The Morgan fingerprint density at radius 3 is 2.20 bits per heavy atom. The lowest BCUT2D eigenvalue weighted by Crippen LogP contribution is -2.40. The summed E-state index contributed by atoms with van der Waals surface area (Å²) >= 11 is 0. The molecular formula is C20H22N2O3. The fourth-order valence-corrected chi connectivity index (χ4v) is 3.49. The Morgan fingerprint density at radius 2 is 1.60 bits per heavy atom. The number of benzene rings is 1. The highest BCUT2D eigenvalue weighted by Gasteiger charge is 2.39. The van der Waals surface area contributed by atoms with Crippen LogP contribution in [-0.4, -0.2) is 30.0 Å². The average Bonchev–Trinajstić information content (AvgIpc) is 3.03. The number of anilines is 1. The molecule has 1 aromatic carbocycles. The van der Waals surface area contributed by atoms with Crippen molar-refractivity contribution in [2.24, 2.45) is 0 Å². The summed E-state index contributed by atoms with van der Waals surface area (Å²) in [5, 5.41) is 4.16. The SMILES string of the molecule is CC1=CC(C(C)=C2C(=O)OC(=O)C2=C(C)C)N(C)N1c1ccccc1. The van der Waals surface area contributed by atoms with Crippen LogP contribution in [-0.2, 0) is 14.3 Å². The first-order valence-electron chi connectivity index (χ1n) is 8.24. The Labute approximate surface area is 147 Å². The zero-order chi connectivity index (χ0) is 18.3. The van der Waals surface area contributed by atoms with Crippen molar-refractivity contribution >= 4 is 17.6 Å². The summed E-state index contributed by atoms with van der Waals surface area (Å²) in [5.41, 5.74) is 4.49. The summed E-state index contributed by atoms with van der Waals surface area (Å²) in [7, 11) is 1.97. The van der Waals surface area contributed by atoms with Crippen molar-refractivity contribution in [2.45, 2.75) is 33.7 Å². The molecule has 1 saturated heterocycles. The molecule has 0 N–H and O–H groups in total. The second-order valence-corrected chi connectivity index (χ2v) is 6.58. The summed E-state index contributed by atoms with van der Waals surface area (Å²) in [6.45, 7) is 7.55. The van der Waals surface area contributed by atoms with E-state index < -0.39 is 11.9 Å². The lowest BCUT2D eigenvalue weighted by Gasteiger charge is -2.32. The fraction of sp³-hybridized carbons (Fsp3) is 0.300. The molecule has 1 unspecified atom stereocenters. The smallest absolute Gasteiger partial charge is 0.346 e. The lowest BCUT2D eigenvalue weighted by molar-refractivity contribution is -0.149. The third-order valence-corrected chi connectivity index (χ3v) is 4.63. The lowest BCUT2D eigenvalue weighted by atomic mass is 9.95. The van der Waals surface area contributed by atoms with E-state index in [4.69, 9.17) is 4.74 Å². The van der Waals surface area contributed by atoms with Crippen molar-refractivity contribution in [3.63, 3.8) is 0 Å². The molecule has 0 aliphatic carbocycles. The second-order valence-electron chi connectivity index (χ2n) is 6.58. The van der Waals surface area contributed by atoms with Gasteiger partial charge >= 0.3 is 11.9 Å². The van der Waals surface area contributed by atoms with Gasteiger partial charge in [0.05, 0.1) is 22.9 Å². The summed E-state index contributed by atoms with van der Waals surface area (Å²) in [6.07, 6.45) is 2.09. The number of likely N-dealkylation sites (N-methyl/N-ethyl adjacent to an activating group) is 1. The van der Waals surface area contributed by atoms with Crippen LogP contribution in [0.4, 0.5) is 5.69 Å². The van der Waals surface area contributed by atoms with Gasteiger partial charge in [-0.1, -0.05) is 23.8 Å². The maximum atomic E-state index is 12.2. The van der Waals surface area contributed by atoms with Crippen molar-refractivity contribution in [2.75, 3.05) is 12.1 Å². The molecule has 130 valence electrons. The number of esters is 2. The first kappa shape index (κ1) is 17.2. The van der Waals surface area contributed by atoms with Gasteiger partial charge in [0.15, 0.2) is 0 Å². The predicted octanol–water partition coefficient (Wildman–Crippen LogP) is 3.36. The van der Waals surface area contributed by atoms with E-state index >= 15 is 0 Å². The van der Waals surface area contributed by atoms with Gasteiger partial charge in [0.2, 0.25) is 0 Å². The Kier molecular flexibility index (Phi) is 4.35. The highest BCUT2D eigenvalue weighted by molar-refractivity contribution is 6.19. The van der Waals surface area contributed by atoms with Crippen LogP contribution < -0.4 is 5.01 Å². The van der Waals surface area contributed by atoms with Gasteiger partial charge in [0.1, 0.15) is 0 Å².